The Labute approximate surface area is 103 Å². The highest BCUT2D eigenvalue weighted by atomic mass is 35.5. The normalized spacial score (nSPS) is 23.0. The van der Waals surface area contributed by atoms with E-state index in [9.17, 15) is 4.79 Å². The molecule has 2 fully saturated rings. The van der Waals surface area contributed by atoms with Crippen LogP contribution in [0.4, 0.5) is 0 Å². The van der Waals surface area contributed by atoms with Crippen molar-refractivity contribution in [2.75, 3.05) is 26.2 Å². The van der Waals surface area contributed by atoms with Crippen LogP contribution in [0.15, 0.2) is 0 Å². The van der Waals surface area contributed by atoms with Gasteiger partial charge in [0.1, 0.15) is 5.78 Å². The number of piperidine rings is 2. The molecule has 4 N–H and O–H groups in total. The van der Waals surface area contributed by atoms with Crippen molar-refractivity contribution in [2.45, 2.75) is 25.7 Å². The first-order valence-corrected chi connectivity index (χ1v) is 5.83. The molecule has 5 heteroatoms. The molecule has 0 aliphatic carbocycles. The summed E-state index contributed by atoms with van der Waals surface area (Å²) in [5.41, 5.74) is 0. The van der Waals surface area contributed by atoms with Crippen LogP contribution in [0.25, 0.3) is 0 Å². The van der Waals surface area contributed by atoms with E-state index >= 15 is 0 Å². The summed E-state index contributed by atoms with van der Waals surface area (Å²) in [6.45, 7) is 4.12. The monoisotopic (exact) mass is 250 g/mol. The number of rotatable bonds is 2. The molecule has 2 saturated heterocycles. The number of carbonyl (C=O) groups is 1. The average molecular weight is 251 g/mol. The second-order valence-corrected chi connectivity index (χ2v) is 4.45. The molecule has 0 radical (unpaired) electrons. The molecule has 16 heavy (non-hydrogen) atoms. The van der Waals surface area contributed by atoms with Crippen molar-refractivity contribution in [1.82, 2.24) is 10.6 Å². The number of carbonyl (C=O) groups excluding carboxylic acids is 1. The summed E-state index contributed by atoms with van der Waals surface area (Å²) in [5.74, 6) is 1.27. The summed E-state index contributed by atoms with van der Waals surface area (Å²) in [6.07, 6.45) is 4.23. The molecular weight excluding hydrogens is 228 g/mol. The topological polar surface area (TPSA) is 72.6 Å². The number of Topliss-reactive ketones (excluding diaryl/α,β-unsaturated/α-hetero) is 1. The fraction of sp³-hybridized carbons (Fsp3) is 0.909. The Hall–Kier alpha value is -0.160. The molecular formula is C11H23ClN2O2. The van der Waals surface area contributed by atoms with Crippen LogP contribution in [0.1, 0.15) is 25.7 Å². The van der Waals surface area contributed by atoms with Gasteiger partial charge in [0.2, 0.25) is 0 Å². The Balaban J connectivity index is 0.00000112. The van der Waals surface area contributed by atoms with Crippen molar-refractivity contribution < 1.29 is 10.3 Å². The van der Waals surface area contributed by atoms with Gasteiger partial charge in [-0.1, -0.05) is 0 Å². The molecule has 0 aromatic carbocycles. The zero-order chi connectivity index (χ0) is 9.80. The minimum atomic E-state index is 0. The number of ketones is 1. The molecule has 0 unspecified atom stereocenters. The van der Waals surface area contributed by atoms with Crippen molar-refractivity contribution in [3.8, 4) is 0 Å². The Morgan fingerprint density at radius 1 is 0.812 bits per heavy atom. The maximum atomic E-state index is 12.1. The molecule has 96 valence electrons. The molecule has 2 aliphatic rings. The van der Waals surface area contributed by atoms with Crippen LogP contribution in [-0.4, -0.2) is 37.4 Å². The van der Waals surface area contributed by atoms with E-state index in [2.05, 4.69) is 10.6 Å². The third kappa shape index (κ3) is 4.01. The second kappa shape index (κ2) is 8.01. The first-order valence-electron chi connectivity index (χ1n) is 5.83. The molecule has 0 bridgehead atoms. The molecule has 4 nitrogen and oxygen atoms in total. The number of hydrogen-bond acceptors (Lipinski definition) is 3. The average Bonchev–Trinajstić information content (AvgIpc) is 2.30. The lowest BCUT2D eigenvalue weighted by atomic mass is 9.82. The van der Waals surface area contributed by atoms with Crippen molar-refractivity contribution in [3.63, 3.8) is 0 Å². The van der Waals surface area contributed by atoms with E-state index in [0.29, 0.717) is 17.6 Å². The Bertz CT molecular complexity index is 182. The lowest BCUT2D eigenvalue weighted by molar-refractivity contribution is -0.128. The molecule has 0 saturated carbocycles. The van der Waals surface area contributed by atoms with Gasteiger partial charge in [-0.25, -0.2) is 0 Å². The van der Waals surface area contributed by atoms with Crippen molar-refractivity contribution in [2.24, 2.45) is 11.8 Å². The third-order valence-corrected chi connectivity index (χ3v) is 3.48. The molecule has 2 heterocycles. The van der Waals surface area contributed by atoms with Crippen LogP contribution in [0.3, 0.4) is 0 Å². The second-order valence-electron chi connectivity index (χ2n) is 4.45. The highest BCUT2D eigenvalue weighted by molar-refractivity contribution is 5.85. The van der Waals surface area contributed by atoms with Gasteiger partial charge in [-0.3, -0.25) is 4.79 Å². The largest absolute Gasteiger partial charge is 0.412 e. The van der Waals surface area contributed by atoms with E-state index in [1.54, 1.807) is 0 Å². The van der Waals surface area contributed by atoms with Gasteiger partial charge in [0.15, 0.2) is 0 Å². The maximum Gasteiger partial charge on any atom is 0.139 e. The zero-order valence-corrected chi connectivity index (χ0v) is 10.4. The van der Waals surface area contributed by atoms with Crippen LogP contribution >= 0.6 is 12.4 Å². The van der Waals surface area contributed by atoms with Crippen molar-refractivity contribution >= 4 is 18.2 Å². The van der Waals surface area contributed by atoms with Gasteiger partial charge in [0.05, 0.1) is 0 Å². The quantitative estimate of drug-likeness (QED) is 0.733. The van der Waals surface area contributed by atoms with E-state index in [4.69, 9.17) is 0 Å². The van der Waals surface area contributed by atoms with Crippen LogP contribution in [0.5, 0.6) is 0 Å². The summed E-state index contributed by atoms with van der Waals surface area (Å²) in [6, 6.07) is 0. The van der Waals surface area contributed by atoms with E-state index in [1.807, 2.05) is 0 Å². The van der Waals surface area contributed by atoms with Gasteiger partial charge in [0, 0.05) is 11.8 Å². The molecule has 0 aromatic rings. The SMILES string of the molecule is Cl.O.O=C(C1CCNCC1)C1CCNCC1. The zero-order valence-electron chi connectivity index (χ0n) is 9.63. The van der Waals surface area contributed by atoms with Crippen LogP contribution in [0, 0.1) is 11.8 Å². The van der Waals surface area contributed by atoms with Crippen molar-refractivity contribution in [3.05, 3.63) is 0 Å². The fourth-order valence-electron chi connectivity index (χ4n) is 2.55. The third-order valence-electron chi connectivity index (χ3n) is 3.48. The van der Waals surface area contributed by atoms with Crippen LogP contribution < -0.4 is 10.6 Å². The van der Waals surface area contributed by atoms with Gasteiger partial charge in [0.25, 0.3) is 0 Å². The fourth-order valence-corrected chi connectivity index (χ4v) is 2.55. The van der Waals surface area contributed by atoms with Crippen LogP contribution in [-0.2, 0) is 4.79 Å². The minimum Gasteiger partial charge on any atom is -0.412 e. The van der Waals surface area contributed by atoms with E-state index in [0.717, 1.165) is 51.9 Å². The summed E-state index contributed by atoms with van der Waals surface area (Å²) in [7, 11) is 0. The van der Waals surface area contributed by atoms with Gasteiger partial charge in [-0.2, -0.15) is 0 Å². The first-order chi connectivity index (χ1) is 6.88. The number of nitrogens with one attached hydrogen (secondary N) is 2. The molecule has 2 rings (SSSR count). The van der Waals surface area contributed by atoms with Crippen molar-refractivity contribution in [1.29, 1.82) is 0 Å². The van der Waals surface area contributed by atoms with E-state index in [1.165, 1.54) is 0 Å². The highest BCUT2D eigenvalue weighted by Crippen LogP contribution is 2.22. The summed E-state index contributed by atoms with van der Waals surface area (Å²) < 4.78 is 0. The number of halogens is 1. The van der Waals surface area contributed by atoms with Gasteiger partial charge < -0.3 is 16.1 Å². The molecule has 0 atom stereocenters. The summed E-state index contributed by atoms with van der Waals surface area (Å²) in [5, 5.41) is 6.62. The Kier molecular flexibility index (Phi) is 7.93. The van der Waals surface area contributed by atoms with Gasteiger partial charge in [-0.15, -0.1) is 12.4 Å². The summed E-state index contributed by atoms with van der Waals surface area (Å²) in [4.78, 5) is 12.1. The molecule has 0 spiro atoms. The Morgan fingerprint density at radius 2 is 1.12 bits per heavy atom. The van der Waals surface area contributed by atoms with E-state index in [-0.39, 0.29) is 17.9 Å². The lowest BCUT2D eigenvalue weighted by Gasteiger charge is -2.28. The lowest BCUT2D eigenvalue weighted by Crippen LogP contribution is -2.38. The molecule has 0 aromatic heterocycles. The maximum absolute atomic E-state index is 12.1. The number of hydrogen-bond donors (Lipinski definition) is 2. The first kappa shape index (κ1) is 15.8. The molecule has 0 amide bonds. The predicted molar refractivity (Wildman–Crippen MR) is 67.1 cm³/mol. The van der Waals surface area contributed by atoms with Gasteiger partial charge >= 0.3 is 0 Å². The van der Waals surface area contributed by atoms with Crippen LogP contribution in [0.2, 0.25) is 0 Å². The minimum absolute atomic E-state index is 0. The smallest absolute Gasteiger partial charge is 0.139 e. The van der Waals surface area contributed by atoms with Gasteiger partial charge in [-0.05, 0) is 51.9 Å². The Morgan fingerprint density at radius 3 is 1.44 bits per heavy atom. The highest BCUT2D eigenvalue weighted by Gasteiger charge is 2.28. The predicted octanol–water partition coefficient (Wildman–Crippen LogP) is 0.152. The summed E-state index contributed by atoms with van der Waals surface area (Å²) >= 11 is 0. The molecule has 2 aliphatic heterocycles. The standard InChI is InChI=1S/C11H20N2O.ClH.H2O/c14-11(9-1-5-12-6-2-9)10-3-7-13-8-4-10;;/h9-10,12-13H,1-8H2;1H;1H2. The van der Waals surface area contributed by atoms with E-state index < -0.39 is 0 Å².